The zero-order valence-corrected chi connectivity index (χ0v) is 19.4. The van der Waals surface area contributed by atoms with Crippen LogP contribution in [0.25, 0.3) is 0 Å². The predicted molar refractivity (Wildman–Crippen MR) is 109 cm³/mol. The van der Waals surface area contributed by atoms with Crippen LogP contribution in [0.5, 0.6) is 0 Å². The Labute approximate surface area is 186 Å². The molecule has 0 fully saturated rings. The molecule has 0 saturated carbocycles. The molecular weight excluding hydrogens is 422 g/mol. The van der Waals surface area contributed by atoms with Gasteiger partial charge in [-0.3, -0.25) is 9.80 Å². The summed E-state index contributed by atoms with van der Waals surface area (Å²) >= 11 is 0. The second kappa shape index (κ2) is 10.7. The van der Waals surface area contributed by atoms with Gasteiger partial charge < -0.3 is 4.90 Å². The molecule has 3 rings (SSSR count). The highest BCUT2D eigenvalue weighted by atomic mass is 35.7. The maximum Gasteiger partial charge on any atom is 0.161 e. The highest BCUT2D eigenvalue weighted by Crippen LogP contribution is 2.41. The standard InChI is InChI=1S/C22H31N3O.ClHO4/c1-5-24(6-2)12-13-25-20-15-22(3,4)16-21(26)18(20)14-19(23-25)17-10-8-7-9-11-17;2-1(3,4)5/h7-11H,5-6,12-16H2,1-4H3;(H,2,3,4,5). The van der Waals surface area contributed by atoms with Crippen molar-refractivity contribution in [2.45, 2.75) is 47.0 Å². The van der Waals surface area contributed by atoms with Crippen molar-refractivity contribution in [3.63, 3.8) is 0 Å². The Hall–Kier alpha value is -1.81. The first-order valence-corrected chi connectivity index (χ1v) is 11.7. The van der Waals surface area contributed by atoms with Crippen molar-refractivity contribution >= 4 is 11.5 Å². The lowest BCUT2D eigenvalue weighted by molar-refractivity contribution is -1.92. The van der Waals surface area contributed by atoms with Gasteiger partial charge in [0.25, 0.3) is 0 Å². The van der Waals surface area contributed by atoms with Crippen LogP contribution < -0.4 is 14.0 Å². The fraction of sp³-hybridized carbons (Fsp3) is 0.545. The Morgan fingerprint density at radius 1 is 1.13 bits per heavy atom. The van der Waals surface area contributed by atoms with Gasteiger partial charge in [-0.15, -0.1) is 0 Å². The Morgan fingerprint density at radius 3 is 2.26 bits per heavy atom. The average Bonchev–Trinajstić information content (AvgIpc) is 2.67. The van der Waals surface area contributed by atoms with E-state index in [1.165, 1.54) is 0 Å². The number of nitrogens with zero attached hydrogens (tertiary/aromatic N) is 3. The summed E-state index contributed by atoms with van der Waals surface area (Å²) in [4.78, 5) is 15.3. The maximum atomic E-state index is 12.9. The molecule has 172 valence electrons. The molecule has 0 unspecified atom stereocenters. The first kappa shape index (κ1) is 25.5. The van der Waals surface area contributed by atoms with Gasteiger partial charge in [0, 0.05) is 30.7 Å². The topological polar surface area (TPSA) is 125 Å². The molecule has 8 nitrogen and oxygen atoms in total. The summed E-state index contributed by atoms with van der Waals surface area (Å²) in [6, 6.07) is 10.3. The number of benzene rings is 1. The van der Waals surface area contributed by atoms with Crippen LogP contribution in [0.4, 0.5) is 0 Å². The van der Waals surface area contributed by atoms with Crippen molar-refractivity contribution in [3.8, 4) is 0 Å². The van der Waals surface area contributed by atoms with Gasteiger partial charge in [0.05, 0.1) is 27.2 Å². The van der Waals surface area contributed by atoms with Crippen molar-refractivity contribution in [2.75, 3.05) is 26.2 Å². The smallest absolute Gasteiger partial charge is 0.161 e. The van der Waals surface area contributed by atoms with Crippen LogP contribution in [0.2, 0.25) is 0 Å². The van der Waals surface area contributed by atoms with E-state index in [0.717, 1.165) is 55.1 Å². The fourth-order valence-corrected chi connectivity index (χ4v) is 3.93. The summed E-state index contributed by atoms with van der Waals surface area (Å²) in [6.45, 7) is 12.6. The third kappa shape index (κ3) is 7.99. The maximum absolute atomic E-state index is 12.9. The van der Waals surface area contributed by atoms with Gasteiger partial charge in [0.2, 0.25) is 0 Å². The summed E-state index contributed by atoms with van der Waals surface area (Å²) < 4.78 is 32.7. The first-order chi connectivity index (χ1) is 14.4. The number of hydrogen-bond donors (Lipinski definition) is 1. The van der Waals surface area contributed by atoms with E-state index < -0.39 is 10.2 Å². The Balaban J connectivity index is 0.000000614. The van der Waals surface area contributed by atoms with Crippen molar-refractivity contribution in [1.82, 2.24) is 9.91 Å². The number of carbonyl (C=O) groups is 1. The Morgan fingerprint density at radius 2 is 1.71 bits per heavy atom. The highest BCUT2D eigenvalue weighted by Gasteiger charge is 2.37. The van der Waals surface area contributed by atoms with Crippen LogP contribution in [0.3, 0.4) is 0 Å². The number of Topliss-reactive ketones (excluding diaryl/α,β-unsaturated/α-hetero) is 1. The van der Waals surface area contributed by atoms with Crippen molar-refractivity contribution in [2.24, 2.45) is 10.5 Å². The van der Waals surface area contributed by atoms with Gasteiger partial charge in [-0.05, 0) is 30.5 Å². The molecule has 1 aromatic rings. The Kier molecular flexibility index (Phi) is 8.76. The van der Waals surface area contributed by atoms with E-state index >= 15 is 0 Å². The molecule has 9 heteroatoms. The van der Waals surface area contributed by atoms with Crippen molar-refractivity contribution in [1.29, 1.82) is 0 Å². The molecule has 1 aliphatic carbocycles. The van der Waals surface area contributed by atoms with Gasteiger partial charge in [-0.25, -0.2) is 0 Å². The number of carbonyl (C=O) groups excluding carboxylic acids is 1. The van der Waals surface area contributed by atoms with Crippen molar-refractivity contribution < 1.29 is 33.7 Å². The third-order valence-corrected chi connectivity index (χ3v) is 5.50. The highest BCUT2D eigenvalue weighted by molar-refractivity contribution is 6.09. The minimum Gasteiger partial charge on any atom is -0.302 e. The van der Waals surface area contributed by atoms with Crippen LogP contribution in [-0.4, -0.2) is 52.2 Å². The molecule has 1 aliphatic heterocycles. The summed E-state index contributed by atoms with van der Waals surface area (Å²) in [7, 11) is -4.69. The van der Waals surface area contributed by atoms with Crippen LogP contribution in [0.15, 0.2) is 46.7 Å². The number of likely N-dealkylation sites (N-methyl/N-ethyl adjacent to an activating group) is 1. The molecule has 0 saturated heterocycles. The largest absolute Gasteiger partial charge is 0.302 e. The molecule has 2 aliphatic rings. The number of hydrogen-bond acceptors (Lipinski definition) is 8. The van der Waals surface area contributed by atoms with E-state index in [4.69, 9.17) is 23.7 Å². The van der Waals surface area contributed by atoms with Crippen molar-refractivity contribution in [3.05, 3.63) is 47.2 Å². The lowest BCUT2D eigenvalue weighted by Crippen LogP contribution is -2.58. The van der Waals surface area contributed by atoms with Gasteiger partial charge in [-0.2, -0.15) is 19.1 Å². The molecule has 0 bridgehead atoms. The SMILES string of the molecule is CCN(CC)CCN1N=C(c2ccccc2)CC2=C1CC(C)(C)CC2=O.[O-][Cl+3]([O-])([O-])O. The van der Waals surface area contributed by atoms with E-state index in [9.17, 15) is 4.79 Å². The van der Waals surface area contributed by atoms with E-state index in [2.05, 4.69) is 49.7 Å². The van der Waals surface area contributed by atoms with Crippen LogP contribution in [0.1, 0.15) is 52.5 Å². The second-order valence-electron chi connectivity index (χ2n) is 8.50. The number of ketones is 1. The second-order valence-corrected chi connectivity index (χ2v) is 9.29. The first-order valence-electron chi connectivity index (χ1n) is 10.4. The summed E-state index contributed by atoms with van der Waals surface area (Å²) in [5.74, 6) is 0.299. The van der Waals surface area contributed by atoms with E-state index in [1.54, 1.807) is 0 Å². The molecule has 0 spiro atoms. The summed E-state index contributed by atoms with van der Waals surface area (Å²) in [6.07, 6.45) is 2.23. The molecule has 1 aromatic carbocycles. The lowest BCUT2D eigenvalue weighted by atomic mass is 9.74. The summed E-state index contributed by atoms with van der Waals surface area (Å²) in [5, 5.41) is 7.11. The Bertz CT molecular complexity index is 808. The predicted octanol–water partition coefficient (Wildman–Crippen LogP) is -0.0426. The average molecular weight is 454 g/mol. The number of hydrazone groups is 1. The zero-order chi connectivity index (χ0) is 23.2. The number of allylic oxidation sites excluding steroid dienone is 2. The van der Waals surface area contributed by atoms with E-state index in [1.807, 2.05) is 18.2 Å². The molecule has 0 amide bonds. The number of rotatable bonds is 6. The van der Waals surface area contributed by atoms with Gasteiger partial charge in [0.15, 0.2) is 5.78 Å². The van der Waals surface area contributed by atoms with Gasteiger partial charge in [-0.1, -0.05) is 58.0 Å². The fourth-order valence-electron chi connectivity index (χ4n) is 3.93. The summed E-state index contributed by atoms with van der Waals surface area (Å²) in [5.41, 5.74) is 4.28. The minimum absolute atomic E-state index is 0.0170. The molecular formula is C22H32ClN3O5. The minimum atomic E-state index is -4.69. The number of halogens is 1. The van der Waals surface area contributed by atoms with E-state index in [0.29, 0.717) is 18.6 Å². The molecule has 1 heterocycles. The molecule has 0 atom stereocenters. The van der Waals surface area contributed by atoms with E-state index in [-0.39, 0.29) is 5.41 Å². The molecule has 0 radical (unpaired) electrons. The lowest BCUT2D eigenvalue weighted by Gasteiger charge is -2.39. The molecule has 1 N–H and O–H groups in total. The quantitative estimate of drug-likeness (QED) is 0.640. The zero-order valence-electron chi connectivity index (χ0n) is 18.6. The molecule has 0 aromatic heterocycles. The van der Waals surface area contributed by atoms with Gasteiger partial charge >= 0.3 is 0 Å². The monoisotopic (exact) mass is 453 g/mol. The van der Waals surface area contributed by atoms with Gasteiger partial charge in [0.1, 0.15) is 0 Å². The van der Waals surface area contributed by atoms with Crippen LogP contribution >= 0.6 is 0 Å². The molecule has 31 heavy (non-hydrogen) atoms. The third-order valence-electron chi connectivity index (χ3n) is 5.50. The normalized spacial score (nSPS) is 18.4. The van der Waals surface area contributed by atoms with Crippen LogP contribution in [0, 0.1) is 15.7 Å². The van der Waals surface area contributed by atoms with Crippen LogP contribution in [-0.2, 0) is 4.79 Å².